The lowest BCUT2D eigenvalue weighted by Gasteiger charge is -2.15. The SMILES string of the molecule is CN=CC(=CN)c1ccc(Cc2cc(OC)c3ncn(C4CCCC4)c(=O)c3c2)cc1. The minimum Gasteiger partial charge on any atom is -0.494 e. The summed E-state index contributed by atoms with van der Waals surface area (Å²) >= 11 is 0. The monoisotopic (exact) mass is 416 g/mol. The third-order valence-corrected chi connectivity index (χ3v) is 5.99. The number of methoxy groups -OCH3 is 1. The van der Waals surface area contributed by atoms with Crippen LogP contribution in [0.5, 0.6) is 5.75 Å². The summed E-state index contributed by atoms with van der Waals surface area (Å²) in [4.78, 5) is 21.9. The molecule has 0 unspecified atom stereocenters. The van der Waals surface area contributed by atoms with Gasteiger partial charge in [-0.3, -0.25) is 14.4 Å². The van der Waals surface area contributed by atoms with Crippen molar-refractivity contribution in [3.8, 4) is 5.75 Å². The van der Waals surface area contributed by atoms with Crippen molar-refractivity contribution in [3.05, 3.63) is 76.0 Å². The van der Waals surface area contributed by atoms with Crippen LogP contribution in [0.2, 0.25) is 0 Å². The van der Waals surface area contributed by atoms with Gasteiger partial charge in [-0.25, -0.2) is 4.98 Å². The Kier molecular flexibility index (Phi) is 6.16. The molecule has 31 heavy (non-hydrogen) atoms. The van der Waals surface area contributed by atoms with Gasteiger partial charge < -0.3 is 10.5 Å². The predicted molar refractivity (Wildman–Crippen MR) is 126 cm³/mol. The average Bonchev–Trinajstić information content (AvgIpc) is 3.33. The minimum absolute atomic E-state index is 0.0176. The molecule has 1 saturated carbocycles. The van der Waals surface area contributed by atoms with E-state index < -0.39 is 0 Å². The first kappa shape index (κ1) is 20.8. The van der Waals surface area contributed by atoms with Gasteiger partial charge in [0.15, 0.2) is 0 Å². The number of fused-ring (bicyclic) bond motifs is 1. The topological polar surface area (TPSA) is 82.5 Å². The summed E-state index contributed by atoms with van der Waals surface area (Å²) in [5.41, 5.74) is 10.4. The summed E-state index contributed by atoms with van der Waals surface area (Å²) in [6, 6.07) is 12.4. The zero-order valence-corrected chi connectivity index (χ0v) is 18.0. The van der Waals surface area contributed by atoms with Crippen LogP contribution in [-0.4, -0.2) is 29.9 Å². The van der Waals surface area contributed by atoms with E-state index in [-0.39, 0.29) is 11.6 Å². The quantitative estimate of drug-likeness (QED) is 0.613. The summed E-state index contributed by atoms with van der Waals surface area (Å²) in [6.45, 7) is 0. The van der Waals surface area contributed by atoms with Crippen LogP contribution in [0.15, 0.2) is 58.7 Å². The Morgan fingerprint density at radius 3 is 2.61 bits per heavy atom. The van der Waals surface area contributed by atoms with Gasteiger partial charge in [-0.05, 0) is 48.1 Å². The molecular formula is C25H28N4O2. The van der Waals surface area contributed by atoms with E-state index in [9.17, 15) is 4.79 Å². The van der Waals surface area contributed by atoms with Crippen LogP contribution in [0.25, 0.3) is 16.5 Å². The Bertz CT molecular complexity index is 1190. The van der Waals surface area contributed by atoms with Gasteiger partial charge in [0.2, 0.25) is 0 Å². The van der Waals surface area contributed by atoms with Crippen molar-refractivity contribution in [2.24, 2.45) is 10.7 Å². The van der Waals surface area contributed by atoms with Gasteiger partial charge in [-0.1, -0.05) is 37.1 Å². The Balaban J connectivity index is 1.69. The van der Waals surface area contributed by atoms with E-state index >= 15 is 0 Å². The van der Waals surface area contributed by atoms with E-state index in [1.165, 1.54) is 12.8 Å². The second kappa shape index (κ2) is 9.16. The van der Waals surface area contributed by atoms with Crippen molar-refractivity contribution in [1.82, 2.24) is 9.55 Å². The molecule has 1 heterocycles. The number of hydrogen-bond acceptors (Lipinski definition) is 5. The molecule has 0 amide bonds. The molecule has 1 aliphatic rings. The molecule has 2 N–H and O–H groups in total. The molecule has 0 spiro atoms. The molecule has 1 fully saturated rings. The molecule has 0 saturated heterocycles. The maximum absolute atomic E-state index is 13.2. The molecule has 0 atom stereocenters. The molecule has 1 aromatic heterocycles. The Hall–Kier alpha value is -3.41. The van der Waals surface area contributed by atoms with E-state index in [2.05, 4.69) is 22.1 Å². The number of aromatic nitrogens is 2. The van der Waals surface area contributed by atoms with Crippen LogP contribution >= 0.6 is 0 Å². The van der Waals surface area contributed by atoms with Gasteiger partial charge in [0.25, 0.3) is 5.56 Å². The zero-order chi connectivity index (χ0) is 21.8. The highest BCUT2D eigenvalue weighted by molar-refractivity contribution is 6.09. The summed E-state index contributed by atoms with van der Waals surface area (Å²) in [6.07, 6.45) is 10.1. The molecule has 1 aliphatic carbocycles. The smallest absolute Gasteiger partial charge is 0.261 e. The average molecular weight is 417 g/mol. The highest BCUT2D eigenvalue weighted by atomic mass is 16.5. The van der Waals surface area contributed by atoms with Crippen molar-refractivity contribution in [1.29, 1.82) is 0 Å². The molecular weight excluding hydrogens is 388 g/mol. The third-order valence-electron chi connectivity index (χ3n) is 5.99. The number of ether oxygens (including phenoxy) is 1. The number of nitrogens with zero attached hydrogens (tertiary/aromatic N) is 3. The van der Waals surface area contributed by atoms with E-state index in [1.807, 2.05) is 28.8 Å². The summed E-state index contributed by atoms with van der Waals surface area (Å²) in [5.74, 6) is 0.632. The summed E-state index contributed by atoms with van der Waals surface area (Å²) in [5, 5.41) is 0.618. The first-order valence-electron chi connectivity index (χ1n) is 10.7. The number of rotatable bonds is 6. The lowest BCUT2D eigenvalue weighted by atomic mass is 10.00. The van der Waals surface area contributed by atoms with Crippen LogP contribution in [0, 0.1) is 0 Å². The third kappa shape index (κ3) is 4.24. The van der Waals surface area contributed by atoms with E-state index in [1.54, 1.807) is 32.9 Å². The van der Waals surface area contributed by atoms with Crippen LogP contribution < -0.4 is 16.0 Å². The molecule has 0 aliphatic heterocycles. The van der Waals surface area contributed by atoms with Crippen molar-refractivity contribution < 1.29 is 4.74 Å². The first-order valence-corrected chi connectivity index (χ1v) is 10.7. The van der Waals surface area contributed by atoms with Crippen LogP contribution in [0.4, 0.5) is 0 Å². The van der Waals surface area contributed by atoms with E-state index in [0.717, 1.165) is 35.1 Å². The Morgan fingerprint density at radius 1 is 1.23 bits per heavy atom. The normalized spacial score (nSPS) is 15.2. The van der Waals surface area contributed by atoms with Gasteiger partial charge in [0.1, 0.15) is 11.3 Å². The van der Waals surface area contributed by atoms with Crippen LogP contribution in [-0.2, 0) is 6.42 Å². The van der Waals surface area contributed by atoms with Crippen molar-refractivity contribution in [3.63, 3.8) is 0 Å². The highest BCUT2D eigenvalue weighted by Crippen LogP contribution is 2.30. The lowest BCUT2D eigenvalue weighted by molar-refractivity contribution is 0.418. The van der Waals surface area contributed by atoms with E-state index in [4.69, 9.17) is 10.5 Å². The second-order valence-corrected chi connectivity index (χ2v) is 7.97. The van der Waals surface area contributed by atoms with Gasteiger partial charge in [0, 0.05) is 31.1 Å². The van der Waals surface area contributed by atoms with Crippen molar-refractivity contribution in [2.75, 3.05) is 14.2 Å². The number of nitrogens with two attached hydrogens (primary N) is 1. The molecule has 4 rings (SSSR count). The van der Waals surface area contributed by atoms with Crippen molar-refractivity contribution in [2.45, 2.75) is 38.1 Å². The molecule has 160 valence electrons. The van der Waals surface area contributed by atoms with Crippen LogP contribution in [0.1, 0.15) is 48.4 Å². The number of allylic oxidation sites excluding steroid dienone is 1. The molecule has 0 radical (unpaired) electrons. The van der Waals surface area contributed by atoms with Crippen molar-refractivity contribution >= 4 is 22.7 Å². The van der Waals surface area contributed by atoms with E-state index in [0.29, 0.717) is 23.1 Å². The Morgan fingerprint density at radius 2 is 1.97 bits per heavy atom. The number of benzene rings is 2. The Labute approximate surface area is 182 Å². The summed E-state index contributed by atoms with van der Waals surface area (Å²) in [7, 11) is 3.34. The van der Waals surface area contributed by atoms with Crippen LogP contribution in [0.3, 0.4) is 0 Å². The highest BCUT2D eigenvalue weighted by Gasteiger charge is 2.20. The fourth-order valence-corrected chi connectivity index (χ4v) is 4.38. The molecule has 2 aromatic carbocycles. The van der Waals surface area contributed by atoms with Gasteiger partial charge in [-0.2, -0.15) is 0 Å². The second-order valence-electron chi connectivity index (χ2n) is 7.97. The largest absolute Gasteiger partial charge is 0.494 e. The fourth-order valence-electron chi connectivity index (χ4n) is 4.38. The minimum atomic E-state index is 0.0176. The molecule has 6 heteroatoms. The first-order chi connectivity index (χ1) is 15.1. The molecule has 3 aromatic rings. The van der Waals surface area contributed by atoms with Gasteiger partial charge in [-0.15, -0.1) is 0 Å². The molecule has 6 nitrogen and oxygen atoms in total. The zero-order valence-electron chi connectivity index (χ0n) is 18.0. The predicted octanol–water partition coefficient (Wildman–Crippen LogP) is 4.11. The maximum Gasteiger partial charge on any atom is 0.261 e. The fraction of sp³-hybridized carbons (Fsp3) is 0.320. The van der Waals surface area contributed by atoms with Gasteiger partial charge in [0.05, 0.1) is 18.8 Å². The lowest BCUT2D eigenvalue weighted by Crippen LogP contribution is -2.24. The summed E-state index contributed by atoms with van der Waals surface area (Å²) < 4.78 is 7.38. The number of hydrogen-bond donors (Lipinski definition) is 1. The standard InChI is InChI=1S/C25H28N4O2/c1-27-15-20(14-26)19-9-7-17(8-10-19)11-18-12-22-24(23(13-18)31-2)28-16-29(25(22)30)21-5-3-4-6-21/h7-10,12-16,21H,3-6,11,26H2,1-2H3. The van der Waals surface area contributed by atoms with Gasteiger partial charge >= 0.3 is 0 Å². The number of aliphatic imine (C=N–C) groups is 1. The maximum atomic E-state index is 13.2. The molecule has 0 bridgehead atoms.